The molecular formula is C15H12Cl2N2O. The number of aromatic nitrogens is 1. The monoisotopic (exact) mass is 306 g/mol. The summed E-state index contributed by atoms with van der Waals surface area (Å²) in [5.41, 5.74) is 0.555. The van der Waals surface area contributed by atoms with E-state index < -0.39 is 5.41 Å². The van der Waals surface area contributed by atoms with Crippen molar-refractivity contribution in [3.63, 3.8) is 0 Å². The van der Waals surface area contributed by atoms with E-state index in [-0.39, 0.29) is 5.91 Å². The molecule has 1 aromatic carbocycles. The third-order valence-electron chi connectivity index (χ3n) is 3.55. The van der Waals surface area contributed by atoms with Crippen LogP contribution in [0.3, 0.4) is 0 Å². The number of anilines is 1. The fourth-order valence-corrected chi connectivity index (χ4v) is 2.46. The molecule has 20 heavy (non-hydrogen) atoms. The first kappa shape index (κ1) is 13.4. The molecule has 1 aromatic heterocycles. The number of hydrogen-bond donors (Lipinski definition) is 1. The Balaban J connectivity index is 1.79. The zero-order chi connectivity index (χ0) is 14.2. The van der Waals surface area contributed by atoms with E-state index in [1.54, 1.807) is 12.1 Å². The molecule has 2 aromatic rings. The van der Waals surface area contributed by atoms with E-state index in [1.807, 2.05) is 24.3 Å². The predicted octanol–water partition coefficient (Wildman–Crippen LogP) is 4.06. The number of carbonyl (C=O) groups is 1. The minimum Gasteiger partial charge on any atom is -0.310 e. The molecule has 0 unspecified atom stereocenters. The van der Waals surface area contributed by atoms with E-state index in [2.05, 4.69) is 10.3 Å². The van der Waals surface area contributed by atoms with Crippen LogP contribution in [0.1, 0.15) is 18.4 Å². The second-order valence-electron chi connectivity index (χ2n) is 4.90. The maximum atomic E-state index is 12.4. The molecule has 102 valence electrons. The Kier molecular flexibility index (Phi) is 3.40. The van der Waals surface area contributed by atoms with Gasteiger partial charge in [0.25, 0.3) is 0 Å². The number of nitrogens with one attached hydrogen (secondary N) is 1. The van der Waals surface area contributed by atoms with Crippen molar-refractivity contribution in [1.82, 2.24) is 4.98 Å². The molecule has 1 N–H and O–H groups in total. The van der Waals surface area contributed by atoms with Crippen LogP contribution in [-0.4, -0.2) is 10.9 Å². The highest BCUT2D eigenvalue weighted by Gasteiger charge is 2.51. The van der Waals surface area contributed by atoms with Crippen molar-refractivity contribution in [3.05, 3.63) is 58.2 Å². The Morgan fingerprint density at radius 2 is 1.70 bits per heavy atom. The summed E-state index contributed by atoms with van der Waals surface area (Å²) in [5, 5.41) is 4.06. The van der Waals surface area contributed by atoms with Crippen LogP contribution in [0.15, 0.2) is 42.6 Å². The molecule has 1 aliphatic carbocycles. The Hall–Kier alpha value is -1.58. The molecule has 3 rings (SSSR count). The fraction of sp³-hybridized carbons (Fsp3) is 0.200. The summed E-state index contributed by atoms with van der Waals surface area (Å²) in [6, 6.07) is 10.8. The summed E-state index contributed by atoms with van der Waals surface area (Å²) >= 11 is 11.7. The molecule has 0 radical (unpaired) electrons. The molecule has 0 spiro atoms. The highest BCUT2D eigenvalue weighted by atomic mass is 35.5. The molecule has 1 saturated carbocycles. The average molecular weight is 307 g/mol. The number of amides is 1. The first-order chi connectivity index (χ1) is 9.60. The second kappa shape index (κ2) is 5.08. The van der Waals surface area contributed by atoms with Gasteiger partial charge in [-0.05, 0) is 42.7 Å². The number of rotatable bonds is 3. The summed E-state index contributed by atoms with van der Waals surface area (Å²) in [6.07, 6.45) is 3.20. The van der Waals surface area contributed by atoms with Gasteiger partial charge < -0.3 is 5.32 Å². The van der Waals surface area contributed by atoms with Crippen molar-refractivity contribution in [1.29, 1.82) is 0 Å². The van der Waals surface area contributed by atoms with Crippen LogP contribution in [0.4, 0.5) is 5.82 Å². The van der Waals surface area contributed by atoms with Crippen molar-refractivity contribution in [2.24, 2.45) is 0 Å². The average Bonchev–Trinajstić information content (AvgIpc) is 3.24. The lowest BCUT2D eigenvalue weighted by Gasteiger charge is -2.15. The van der Waals surface area contributed by atoms with Crippen LogP contribution in [0.2, 0.25) is 10.0 Å². The van der Waals surface area contributed by atoms with Crippen molar-refractivity contribution >= 4 is 34.9 Å². The summed E-state index contributed by atoms with van der Waals surface area (Å²) in [7, 11) is 0. The highest BCUT2D eigenvalue weighted by molar-refractivity contribution is 6.30. The molecular weight excluding hydrogens is 295 g/mol. The Morgan fingerprint density at radius 3 is 2.25 bits per heavy atom. The van der Waals surface area contributed by atoms with E-state index in [1.165, 1.54) is 6.20 Å². The summed E-state index contributed by atoms with van der Waals surface area (Å²) in [5.74, 6) is 0.481. The SMILES string of the molecule is O=C(Nc1ccc(Cl)cn1)C1(c2ccc(Cl)cc2)CC1. The van der Waals surface area contributed by atoms with Crippen LogP contribution in [0, 0.1) is 0 Å². The van der Waals surface area contributed by atoms with Crippen LogP contribution in [0.5, 0.6) is 0 Å². The van der Waals surface area contributed by atoms with E-state index in [4.69, 9.17) is 23.2 Å². The Labute approximate surface area is 126 Å². The normalized spacial score (nSPS) is 15.7. The third-order valence-corrected chi connectivity index (χ3v) is 4.03. The minimum absolute atomic E-state index is 0.0327. The van der Waals surface area contributed by atoms with Crippen molar-refractivity contribution in [2.45, 2.75) is 18.3 Å². The first-order valence-electron chi connectivity index (χ1n) is 6.29. The van der Waals surface area contributed by atoms with Crippen LogP contribution < -0.4 is 5.32 Å². The number of pyridine rings is 1. The van der Waals surface area contributed by atoms with Crippen molar-refractivity contribution < 1.29 is 4.79 Å². The van der Waals surface area contributed by atoms with Crippen LogP contribution in [0.25, 0.3) is 0 Å². The maximum Gasteiger partial charge on any atom is 0.236 e. The highest BCUT2D eigenvalue weighted by Crippen LogP contribution is 2.49. The molecule has 5 heteroatoms. The van der Waals surface area contributed by atoms with Crippen molar-refractivity contribution in [2.75, 3.05) is 5.32 Å². The second-order valence-corrected chi connectivity index (χ2v) is 5.78. The quantitative estimate of drug-likeness (QED) is 0.929. The summed E-state index contributed by atoms with van der Waals surface area (Å²) in [6.45, 7) is 0. The standard InChI is InChI=1S/C15H12Cl2N2O/c16-11-3-1-10(2-4-11)15(7-8-15)14(20)19-13-6-5-12(17)9-18-13/h1-6,9H,7-8H2,(H,18,19,20). The molecule has 0 aliphatic heterocycles. The zero-order valence-corrected chi connectivity index (χ0v) is 12.1. The van der Waals surface area contributed by atoms with Gasteiger partial charge in [0, 0.05) is 11.2 Å². The van der Waals surface area contributed by atoms with Gasteiger partial charge in [-0.2, -0.15) is 0 Å². The van der Waals surface area contributed by atoms with E-state index >= 15 is 0 Å². The molecule has 1 heterocycles. The van der Waals surface area contributed by atoms with Crippen molar-refractivity contribution in [3.8, 4) is 0 Å². The summed E-state index contributed by atoms with van der Waals surface area (Å²) in [4.78, 5) is 16.5. The third kappa shape index (κ3) is 2.51. The van der Waals surface area contributed by atoms with Gasteiger partial charge >= 0.3 is 0 Å². The lowest BCUT2D eigenvalue weighted by atomic mass is 9.95. The number of carbonyl (C=O) groups excluding carboxylic acids is 1. The van der Waals surface area contributed by atoms with Gasteiger partial charge in [-0.15, -0.1) is 0 Å². The van der Waals surface area contributed by atoms with Crippen LogP contribution >= 0.6 is 23.2 Å². The van der Waals surface area contributed by atoms with E-state index in [0.29, 0.717) is 15.9 Å². The van der Waals surface area contributed by atoms with E-state index in [0.717, 1.165) is 18.4 Å². The van der Waals surface area contributed by atoms with Gasteiger partial charge in [0.1, 0.15) is 5.82 Å². The first-order valence-corrected chi connectivity index (χ1v) is 7.05. The number of nitrogens with zero attached hydrogens (tertiary/aromatic N) is 1. The predicted molar refractivity (Wildman–Crippen MR) is 80.2 cm³/mol. The Bertz CT molecular complexity index is 634. The van der Waals surface area contributed by atoms with Crippen LogP contribution in [-0.2, 0) is 10.2 Å². The van der Waals surface area contributed by atoms with Gasteiger partial charge in [0.2, 0.25) is 5.91 Å². The van der Waals surface area contributed by atoms with Gasteiger partial charge in [0.05, 0.1) is 10.4 Å². The lowest BCUT2D eigenvalue weighted by molar-refractivity contribution is -0.118. The fourth-order valence-electron chi connectivity index (χ4n) is 2.23. The molecule has 1 fully saturated rings. The largest absolute Gasteiger partial charge is 0.310 e. The van der Waals surface area contributed by atoms with Gasteiger partial charge in [-0.3, -0.25) is 4.79 Å². The molecule has 0 atom stereocenters. The minimum atomic E-state index is -0.439. The topological polar surface area (TPSA) is 42.0 Å². The Morgan fingerprint density at radius 1 is 1.05 bits per heavy atom. The number of hydrogen-bond acceptors (Lipinski definition) is 2. The van der Waals surface area contributed by atoms with Gasteiger partial charge in [0.15, 0.2) is 0 Å². The zero-order valence-electron chi connectivity index (χ0n) is 10.6. The van der Waals surface area contributed by atoms with Gasteiger partial charge in [-0.1, -0.05) is 35.3 Å². The number of benzene rings is 1. The van der Waals surface area contributed by atoms with Gasteiger partial charge in [-0.25, -0.2) is 4.98 Å². The smallest absolute Gasteiger partial charge is 0.236 e. The number of halogens is 2. The van der Waals surface area contributed by atoms with E-state index in [9.17, 15) is 4.79 Å². The molecule has 1 amide bonds. The summed E-state index contributed by atoms with van der Waals surface area (Å²) < 4.78 is 0. The molecule has 0 bridgehead atoms. The lowest BCUT2D eigenvalue weighted by Crippen LogP contribution is -2.28. The molecule has 3 nitrogen and oxygen atoms in total. The molecule has 0 saturated heterocycles. The maximum absolute atomic E-state index is 12.4. The molecule has 1 aliphatic rings.